The third-order valence-electron chi connectivity index (χ3n) is 3.54. The predicted octanol–water partition coefficient (Wildman–Crippen LogP) is 0.950. The fourth-order valence-corrected chi connectivity index (χ4v) is 2.28. The highest BCUT2D eigenvalue weighted by Gasteiger charge is 2.29. The lowest BCUT2D eigenvalue weighted by Crippen LogP contribution is -2.43. The number of nitrogens with zero attached hydrogens (tertiary/aromatic N) is 2. The van der Waals surface area contributed by atoms with Crippen LogP contribution in [0.25, 0.3) is 0 Å². The van der Waals surface area contributed by atoms with E-state index >= 15 is 0 Å². The molecule has 0 aliphatic carbocycles. The fourth-order valence-electron chi connectivity index (χ4n) is 2.28. The van der Waals surface area contributed by atoms with Crippen LogP contribution in [0.1, 0.15) is 16.4 Å². The molecule has 0 saturated heterocycles. The monoisotopic (exact) mass is 327 g/mol. The summed E-state index contributed by atoms with van der Waals surface area (Å²) in [6.07, 6.45) is 1.46. The summed E-state index contributed by atoms with van der Waals surface area (Å²) in [4.78, 5) is 39.4. The van der Waals surface area contributed by atoms with E-state index in [1.807, 2.05) is 19.0 Å². The average Bonchev–Trinajstić information content (AvgIpc) is 2.57. The SMILES string of the molecule is CN(C)CCNC(=O)[C@H](C(=O)c1ccccc1)n1ccccc1=O. The molecule has 126 valence electrons. The molecule has 0 bridgehead atoms. The maximum absolute atomic E-state index is 12.8. The fraction of sp³-hybridized carbons (Fsp3) is 0.278. The molecular weight excluding hydrogens is 306 g/mol. The van der Waals surface area contributed by atoms with E-state index in [1.165, 1.54) is 16.8 Å². The second kappa shape index (κ2) is 8.21. The molecule has 0 spiro atoms. The van der Waals surface area contributed by atoms with E-state index in [0.717, 1.165) is 0 Å². The lowest BCUT2D eigenvalue weighted by Gasteiger charge is -2.19. The van der Waals surface area contributed by atoms with Crippen LogP contribution in [-0.4, -0.2) is 48.3 Å². The Morgan fingerprint density at radius 1 is 1.08 bits per heavy atom. The number of ketones is 1. The van der Waals surface area contributed by atoms with E-state index in [4.69, 9.17) is 0 Å². The van der Waals surface area contributed by atoms with Crippen LogP contribution >= 0.6 is 0 Å². The molecule has 0 aliphatic heterocycles. The van der Waals surface area contributed by atoms with Crippen molar-refractivity contribution in [3.8, 4) is 0 Å². The van der Waals surface area contributed by atoms with Crippen molar-refractivity contribution >= 4 is 11.7 Å². The average molecular weight is 327 g/mol. The first-order chi connectivity index (χ1) is 11.5. The minimum absolute atomic E-state index is 0.390. The molecule has 0 aliphatic rings. The molecule has 1 heterocycles. The molecule has 24 heavy (non-hydrogen) atoms. The first kappa shape index (κ1) is 17.6. The smallest absolute Gasteiger partial charge is 0.251 e. The summed E-state index contributed by atoms with van der Waals surface area (Å²) in [5.74, 6) is -0.898. The molecule has 0 fully saturated rings. The topological polar surface area (TPSA) is 71.4 Å². The third kappa shape index (κ3) is 4.39. The standard InChI is InChI=1S/C18H21N3O3/c1-20(2)13-11-19-18(24)16(21-12-7-6-10-15(21)22)17(23)14-8-4-3-5-9-14/h3-10,12,16H,11,13H2,1-2H3,(H,19,24)/t16-/m0/s1. The summed E-state index contributed by atoms with van der Waals surface area (Å²) in [6.45, 7) is 1.04. The van der Waals surface area contributed by atoms with Gasteiger partial charge in [0.25, 0.3) is 11.5 Å². The van der Waals surface area contributed by atoms with Crippen molar-refractivity contribution in [3.05, 3.63) is 70.6 Å². The number of likely N-dealkylation sites (N-methyl/N-ethyl adjacent to an activating group) is 1. The highest BCUT2D eigenvalue weighted by molar-refractivity contribution is 6.11. The summed E-state index contributed by atoms with van der Waals surface area (Å²) in [7, 11) is 3.78. The van der Waals surface area contributed by atoms with Crippen molar-refractivity contribution in [3.63, 3.8) is 0 Å². The molecule has 0 radical (unpaired) electrons. The van der Waals surface area contributed by atoms with Crippen LogP contribution in [0, 0.1) is 0 Å². The summed E-state index contributed by atoms with van der Waals surface area (Å²) >= 11 is 0. The number of hydrogen-bond donors (Lipinski definition) is 1. The molecule has 0 saturated carbocycles. The molecule has 6 heteroatoms. The summed E-state index contributed by atoms with van der Waals surface area (Å²) in [5.41, 5.74) is -0.00412. The van der Waals surface area contributed by atoms with E-state index in [0.29, 0.717) is 18.7 Å². The quantitative estimate of drug-likeness (QED) is 0.607. The normalized spacial score (nSPS) is 12.0. The minimum atomic E-state index is -1.22. The molecule has 2 aromatic rings. The van der Waals surface area contributed by atoms with Crippen molar-refractivity contribution in [2.75, 3.05) is 27.2 Å². The van der Waals surface area contributed by atoms with Gasteiger partial charge in [0.15, 0.2) is 11.8 Å². The number of aromatic nitrogens is 1. The summed E-state index contributed by atoms with van der Waals surface area (Å²) < 4.78 is 1.17. The minimum Gasteiger partial charge on any atom is -0.353 e. The first-order valence-corrected chi connectivity index (χ1v) is 7.69. The van der Waals surface area contributed by atoms with Gasteiger partial charge < -0.3 is 10.2 Å². The van der Waals surface area contributed by atoms with E-state index in [2.05, 4.69) is 5.32 Å². The van der Waals surface area contributed by atoms with E-state index in [1.54, 1.807) is 42.5 Å². The Morgan fingerprint density at radius 3 is 2.38 bits per heavy atom. The van der Waals surface area contributed by atoms with E-state index < -0.39 is 23.3 Å². The number of pyridine rings is 1. The molecule has 6 nitrogen and oxygen atoms in total. The highest BCUT2D eigenvalue weighted by Crippen LogP contribution is 2.13. The van der Waals surface area contributed by atoms with Crippen molar-refractivity contribution < 1.29 is 9.59 Å². The molecule has 0 unspecified atom stereocenters. The zero-order valence-corrected chi connectivity index (χ0v) is 13.8. The molecule has 1 aromatic heterocycles. The molecule has 1 amide bonds. The van der Waals surface area contributed by atoms with Gasteiger partial charge in [-0.15, -0.1) is 0 Å². The van der Waals surface area contributed by atoms with Crippen LogP contribution in [0.4, 0.5) is 0 Å². The van der Waals surface area contributed by atoms with E-state index in [-0.39, 0.29) is 0 Å². The molecule has 1 N–H and O–H groups in total. The zero-order chi connectivity index (χ0) is 17.5. The number of amides is 1. The molecule has 1 aromatic carbocycles. The molecule has 1 atom stereocenters. The Labute approximate surface area is 140 Å². The lowest BCUT2D eigenvalue weighted by molar-refractivity contribution is -0.123. The van der Waals surface area contributed by atoms with Gasteiger partial charge in [-0.2, -0.15) is 0 Å². The Morgan fingerprint density at radius 2 is 1.75 bits per heavy atom. The van der Waals surface area contributed by atoms with Crippen LogP contribution < -0.4 is 10.9 Å². The number of carbonyl (C=O) groups is 2. The van der Waals surface area contributed by atoms with Gasteiger partial charge >= 0.3 is 0 Å². The van der Waals surface area contributed by atoms with Crippen molar-refractivity contribution in [1.82, 2.24) is 14.8 Å². The van der Waals surface area contributed by atoms with Gasteiger partial charge in [-0.3, -0.25) is 19.0 Å². The summed E-state index contributed by atoms with van der Waals surface area (Å²) in [5, 5.41) is 2.73. The van der Waals surface area contributed by atoms with Gasteiger partial charge in [-0.05, 0) is 20.2 Å². The van der Waals surface area contributed by atoms with Crippen molar-refractivity contribution in [2.24, 2.45) is 0 Å². The van der Waals surface area contributed by atoms with Crippen molar-refractivity contribution in [2.45, 2.75) is 6.04 Å². The predicted molar refractivity (Wildman–Crippen MR) is 92.1 cm³/mol. The third-order valence-corrected chi connectivity index (χ3v) is 3.54. The van der Waals surface area contributed by atoms with Gasteiger partial charge in [-0.1, -0.05) is 36.4 Å². The van der Waals surface area contributed by atoms with Crippen LogP contribution in [-0.2, 0) is 4.79 Å². The Kier molecular flexibility index (Phi) is 6.03. The van der Waals surface area contributed by atoms with Crippen LogP contribution in [0.2, 0.25) is 0 Å². The number of hydrogen-bond acceptors (Lipinski definition) is 4. The maximum Gasteiger partial charge on any atom is 0.251 e. The second-order valence-corrected chi connectivity index (χ2v) is 5.67. The Hall–Kier alpha value is -2.73. The Bertz CT molecular complexity index is 753. The number of nitrogens with one attached hydrogen (secondary N) is 1. The van der Waals surface area contributed by atoms with Crippen LogP contribution in [0.5, 0.6) is 0 Å². The Balaban J connectivity index is 2.32. The van der Waals surface area contributed by atoms with Gasteiger partial charge in [0.05, 0.1) is 0 Å². The van der Waals surface area contributed by atoms with Gasteiger partial charge in [0.2, 0.25) is 0 Å². The maximum atomic E-state index is 12.8. The van der Waals surface area contributed by atoms with Gasteiger partial charge in [-0.25, -0.2) is 0 Å². The zero-order valence-electron chi connectivity index (χ0n) is 13.8. The number of rotatable bonds is 7. The van der Waals surface area contributed by atoms with Crippen LogP contribution in [0.3, 0.4) is 0 Å². The van der Waals surface area contributed by atoms with E-state index in [9.17, 15) is 14.4 Å². The molecular formula is C18H21N3O3. The number of carbonyl (C=O) groups excluding carboxylic acids is 2. The first-order valence-electron chi connectivity index (χ1n) is 7.69. The molecule has 2 rings (SSSR count). The van der Waals surface area contributed by atoms with Gasteiger partial charge in [0.1, 0.15) is 0 Å². The second-order valence-electron chi connectivity index (χ2n) is 5.67. The van der Waals surface area contributed by atoms with Crippen LogP contribution in [0.15, 0.2) is 59.5 Å². The number of Topliss-reactive ketones (excluding diaryl/α,β-unsaturated/α-hetero) is 1. The summed E-state index contributed by atoms with van der Waals surface area (Å²) in [6, 6.07) is 11.8. The lowest BCUT2D eigenvalue weighted by atomic mass is 10.0. The number of benzene rings is 1. The van der Waals surface area contributed by atoms with Crippen molar-refractivity contribution in [1.29, 1.82) is 0 Å². The largest absolute Gasteiger partial charge is 0.353 e. The van der Waals surface area contributed by atoms with Gasteiger partial charge in [0, 0.05) is 30.9 Å². The highest BCUT2D eigenvalue weighted by atomic mass is 16.2.